The average molecular weight is 484 g/mol. The molecule has 2 bridgehead atoms. The normalized spacial score (nSPS) is 19.5. The lowest BCUT2D eigenvalue weighted by Gasteiger charge is -2.28. The molecule has 2 fully saturated rings. The summed E-state index contributed by atoms with van der Waals surface area (Å²) in [7, 11) is -2.59. The lowest BCUT2D eigenvalue weighted by molar-refractivity contribution is -0.384. The van der Waals surface area contributed by atoms with Crippen molar-refractivity contribution in [3.63, 3.8) is 0 Å². The van der Waals surface area contributed by atoms with Gasteiger partial charge < -0.3 is 4.90 Å². The maximum absolute atomic E-state index is 13.2. The van der Waals surface area contributed by atoms with E-state index in [1.807, 2.05) is 11.0 Å². The Hall–Kier alpha value is -3.60. The Labute approximate surface area is 196 Å². The predicted octanol–water partition coefficient (Wildman–Crippen LogP) is 3.18. The van der Waals surface area contributed by atoms with Crippen LogP contribution in [-0.2, 0) is 17.1 Å². The molecule has 0 spiro atoms. The highest BCUT2D eigenvalue weighted by Crippen LogP contribution is 2.43. The fourth-order valence-corrected chi connectivity index (χ4v) is 6.29. The number of hydrogen-bond donors (Lipinski definition) is 1. The van der Waals surface area contributed by atoms with Crippen LogP contribution in [0.3, 0.4) is 0 Å². The van der Waals surface area contributed by atoms with Gasteiger partial charge in [-0.05, 0) is 56.4 Å². The van der Waals surface area contributed by atoms with Crippen LogP contribution >= 0.6 is 0 Å². The van der Waals surface area contributed by atoms with Gasteiger partial charge >= 0.3 is 0 Å². The number of para-hydroxylation sites is 1. The number of nitrogens with one attached hydrogen (secondary N) is 1. The van der Waals surface area contributed by atoms with Crippen molar-refractivity contribution in [1.29, 1.82) is 0 Å². The number of fused-ring (bicyclic) bond motifs is 2. The molecule has 1 aliphatic heterocycles. The SMILES string of the molecule is Cc1c(NS(=O)(=O)c2ccc(N3CC4CCC3C4)c([N+](=O)[O-])c2)c(=O)n(-c2ccccc2)n1C. The minimum Gasteiger partial charge on any atom is -0.363 e. The van der Waals surface area contributed by atoms with Crippen LogP contribution in [0.1, 0.15) is 25.0 Å². The molecule has 1 N–H and O–H groups in total. The number of hydrogen-bond acceptors (Lipinski definition) is 6. The first kappa shape index (κ1) is 22.2. The molecule has 11 heteroatoms. The van der Waals surface area contributed by atoms with E-state index in [2.05, 4.69) is 4.72 Å². The average Bonchev–Trinajstić information content (AvgIpc) is 3.50. The van der Waals surface area contributed by atoms with Gasteiger partial charge in [-0.15, -0.1) is 0 Å². The van der Waals surface area contributed by atoms with Gasteiger partial charge in [0.1, 0.15) is 11.4 Å². The van der Waals surface area contributed by atoms with E-state index >= 15 is 0 Å². The predicted molar refractivity (Wildman–Crippen MR) is 128 cm³/mol. The van der Waals surface area contributed by atoms with E-state index in [0.29, 0.717) is 23.0 Å². The first-order valence-corrected chi connectivity index (χ1v) is 12.6. The maximum atomic E-state index is 13.2. The van der Waals surface area contributed by atoms with Crippen molar-refractivity contribution in [3.8, 4) is 5.69 Å². The second-order valence-electron chi connectivity index (χ2n) is 8.93. The topological polar surface area (TPSA) is 119 Å². The number of aromatic nitrogens is 2. The van der Waals surface area contributed by atoms with Crippen molar-refractivity contribution in [2.75, 3.05) is 16.2 Å². The molecule has 0 amide bonds. The molecular formula is C23H25N5O5S. The highest BCUT2D eigenvalue weighted by molar-refractivity contribution is 7.92. The molecule has 0 radical (unpaired) electrons. The number of anilines is 2. The first-order chi connectivity index (χ1) is 16.2. The van der Waals surface area contributed by atoms with Crippen molar-refractivity contribution in [2.45, 2.75) is 37.1 Å². The van der Waals surface area contributed by atoms with Crippen molar-refractivity contribution >= 4 is 27.1 Å². The third-order valence-electron chi connectivity index (χ3n) is 6.96. The monoisotopic (exact) mass is 483 g/mol. The van der Waals surface area contributed by atoms with Gasteiger partial charge in [0.2, 0.25) is 0 Å². The minimum absolute atomic E-state index is 0.102. The van der Waals surface area contributed by atoms with Crippen molar-refractivity contribution in [3.05, 3.63) is 74.7 Å². The Morgan fingerprint density at radius 2 is 1.85 bits per heavy atom. The summed E-state index contributed by atoms with van der Waals surface area (Å²) in [6.45, 7) is 2.38. The summed E-state index contributed by atoms with van der Waals surface area (Å²) in [6, 6.07) is 13.1. The van der Waals surface area contributed by atoms with E-state index in [1.54, 1.807) is 42.9 Å². The van der Waals surface area contributed by atoms with E-state index in [9.17, 15) is 23.3 Å². The number of nitrogens with zero attached hydrogens (tertiary/aromatic N) is 4. The largest absolute Gasteiger partial charge is 0.363 e. The van der Waals surface area contributed by atoms with Crippen LogP contribution in [0.4, 0.5) is 17.1 Å². The quantitative estimate of drug-likeness (QED) is 0.425. The molecule has 2 aromatic carbocycles. The van der Waals surface area contributed by atoms with E-state index in [4.69, 9.17) is 0 Å². The summed E-state index contributed by atoms with van der Waals surface area (Å²) >= 11 is 0. The fraction of sp³-hybridized carbons (Fsp3) is 0.348. The molecule has 1 saturated heterocycles. The zero-order chi connectivity index (χ0) is 24.2. The maximum Gasteiger partial charge on any atom is 0.296 e. The molecule has 34 heavy (non-hydrogen) atoms. The molecule has 3 aromatic rings. The molecule has 2 aliphatic rings. The molecule has 1 aliphatic carbocycles. The van der Waals surface area contributed by atoms with Crippen LogP contribution in [0, 0.1) is 23.0 Å². The molecule has 2 atom stereocenters. The molecule has 178 valence electrons. The van der Waals surface area contributed by atoms with Crippen molar-refractivity contribution in [1.82, 2.24) is 9.36 Å². The van der Waals surface area contributed by atoms with Crippen molar-refractivity contribution < 1.29 is 13.3 Å². The van der Waals surface area contributed by atoms with Gasteiger partial charge in [0.15, 0.2) is 0 Å². The van der Waals surface area contributed by atoms with Gasteiger partial charge in [-0.3, -0.25) is 24.3 Å². The Balaban J connectivity index is 1.51. The zero-order valence-electron chi connectivity index (χ0n) is 18.8. The van der Waals surface area contributed by atoms with Crippen LogP contribution in [0.2, 0.25) is 0 Å². The van der Waals surface area contributed by atoms with E-state index < -0.39 is 20.5 Å². The number of piperidine rings is 1. The lowest BCUT2D eigenvalue weighted by atomic mass is 10.1. The number of nitro benzene ring substituents is 1. The second-order valence-corrected chi connectivity index (χ2v) is 10.6. The van der Waals surface area contributed by atoms with Gasteiger partial charge in [0, 0.05) is 25.7 Å². The van der Waals surface area contributed by atoms with E-state index in [0.717, 1.165) is 31.9 Å². The Bertz CT molecular complexity index is 1440. The van der Waals surface area contributed by atoms with E-state index in [1.165, 1.54) is 16.8 Å². The summed E-state index contributed by atoms with van der Waals surface area (Å²) in [6.07, 6.45) is 3.13. The number of rotatable bonds is 6. The molecule has 10 nitrogen and oxygen atoms in total. The van der Waals surface area contributed by atoms with Crippen LogP contribution in [0.25, 0.3) is 5.69 Å². The standard InChI is InChI=1S/C23H25N5O5S/c1-15-22(23(29)27(25(15)2)17-6-4-3-5-7-17)24-34(32,33)19-10-11-20(21(13-19)28(30)31)26-14-16-8-9-18(26)12-16/h3-7,10-11,13,16,18,24H,8-9,12,14H2,1-2H3. The summed E-state index contributed by atoms with van der Waals surface area (Å²) in [5.41, 5.74) is 0.560. The third kappa shape index (κ3) is 3.56. The lowest BCUT2D eigenvalue weighted by Crippen LogP contribution is -2.32. The highest BCUT2D eigenvalue weighted by atomic mass is 32.2. The third-order valence-corrected chi connectivity index (χ3v) is 8.31. The number of benzene rings is 2. The minimum atomic E-state index is -4.25. The fourth-order valence-electron chi connectivity index (χ4n) is 5.16. The van der Waals surface area contributed by atoms with Gasteiger partial charge in [0.05, 0.1) is 21.2 Å². The highest BCUT2D eigenvalue weighted by Gasteiger charge is 2.40. The van der Waals surface area contributed by atoms with Crippen molar-refractivity contribution in [2.24, 2.45) is 13.0 Å². The molecule has 1 aromatic heterocycles. The Morgan fingerprint density at radius 3 is 2.47 bits per heavy atom. The Kier molecular flexibility index (Phi) is 5.23. The van der Waals surface area contributed by atoms with Crippen LogP contribution in [-0.4, -0.2) is 35.3 Å². The number of nitro groups is 1. The smallest absolute Gasteiger partial charge is 0.296 e. The summed E-state index contributed by atoms with van der Waals surface area (Å²) in [5.74, 6) is 0.530. The van der Waals surface area contributed by atoms with Gasteiger partial charge in [-0.2, -0.15) is 0 Å². The zero-order valence-corrected chi connectivity index (χ0v) is 19.7. The molecule has 5 rings (SSSR count). The molecule has 2 heterocycles. The molecule has 2 unspecified atom stereocenters. The first-order valence-electron chi connectivity index (χ1n) is 11.1. The Morgan fingerprint density at radius 1 is 1.12 bits per heavy atom. The summed E-state index contributed by atoms with van der Waals surface area (Å²) < 4.78 is 31.7. The van der Waals surface area contributed by atoms with Gasteiger partial charge in [-0.1, -0.05) is 18.2 Å². The number of sulfonamides is 1. The molecular weight excluding hydrogens is 458 g/mol. The summed E-state index contributed by atoms with van der Waals surface area (Å²) in [5, 5.41) is 11.8. The van der Waals surface area contributed by atoms with Crippen LogP contribution in [0.5, 0.6) is 0 Å². The van der Waals surface area contributed by atoms with Crippen LogP contribution in [0.15, 0.2) is 58.2 Å². The summed E-state index contributed by atoms with van der Waals surface area (Å²) in [4.78, 5) is 26.2. The van der Waals surface area contributed by atoms with Gasteiger partial charge in [0.25, 0.3) is 21.3 Å². The van der Waals surface area contributed by atoms with Gasteiger partial charge in [-0.25, -0.2) is 13.1 Å². The van der Waals surface area contributed by atoms with Crippen LogP contribution < -0.4 is 15.2 Å². The van der Waals surface area contributed by atoms with E-state index in [-0.39, 0.29) is 22.3 Å². The second kappa shape index (κ2) is 8.01. The molecule has 1 saturated carbocycles.